The van der Waals surface area contributed by atoms with Crippen LogP contribution in [0.1, 0.15) is 18.4 Å². The Balaban J connectivity index is 2.39. The Morgan fingerprint density at radius 1 is 1.45 bits per heavy atom. The second kappa shape index (κ2) is 5.42. The van der Waals surface area contributed by atoms with Crippen LogP contribution >= 0.6 is 0 Å². The SMILES string of the molecule is CCOC[C@]1(CN)[C@H](c2cccc(F)c2)[C@@H]1S(C)(=O)=O. The monoisotopic (exact) mass is 301 g/mol. The summed E-state index contributed by atoms with van der Waals surface area (Å²) in [7, 11) is -3.27. The van der Waals surface area contributed by atoms with Crippen molar-refractivity contribution in [3.8, 4) is 0 Å². The van der Waals surface area contributed by atoms with E-state index in [9.17, 15) is 12.8 Å². The molecule has 0 bridgehead atoms. The van der Waals surface area contributed by atoms with Gasteiger partial charge >= 0.3 is 0 Å². The first-order valence-electron chi connectivity index (χ1n) is 6.59. The van der Waals surface area contributed by atoms with E-state index in [2.05, 4.69) is 0 Å². The summed E-state index contributed by atoms with van der Waals surface area (Å²) in [5, 5.41) is -0.603. The number of nitrogens with two attached hydrogens (primary N) is 1. The van der Waals surface area contributed by atoms with Crippen LogP contribution in [0, 0.1) is 11.2 Å². The van der Waals surface area contributed by atoms with Gasteiger partial charge in [-0.2, -0.15) is 0 Å². The summed E-state index contributed by atoms with van der Waals surface area (Å²) in [6.07, 6.45) is 1.20. The Morgan fingerprint density at radius 3 is 2.65 bits per heavy atom. The molecule has 0 unspecified atom stereocenters. The number of hydrogen-bond acceptors (Lipinski definition) is 4. The maximum atomic E-state index is 13.4. The van der Waals surface area contributed by atoms with Crippen molar-refractivity contribution >= 4 is 9.84 Å². The number of hydrogen-bond donors (Lipinski definition) is 1. The molecular weight excluding hydrogens is 281 g/mol. The molecule has 0 heterocycles. The zero-order valence-corrected chi connectivity index (χ0v) is 12.5. The van der Waals surface area contributed by atoms with E-state index in [1.165, 1.54) is 18.4 Å². The van der Waals surface area contributed by atoms with Crippen molar-refractivity contribution in [1.82, 2.24) is 0 Å². The standard InChI is InChI=1S/C14H20FNO3S/c1-3-19-9-14(8-16)12(13(14)20(2,17)18)10-5-4-6-11(15)7-10/h4-7,12-13H,3,8-9,16H2,1-2H3/t12-,13+,14-/m1/s1. The molecule has 3 atom stereocenters. The molecule has 1 aliphatic carbocycles. The number of sulfone groups is 1. The minimum atomic E-state index is -3.27. The second-order valence-corrected chi connectivity index (χ2v) is 7.52. The zero-order chi connectivity index (χ0) is 15.0. The minimum absolute atomic E-state index is 0.200. The molecule has 4 nitrogen and oxygen atoms in total. The molecule has 0 aromatic heterocycles. The smallest absolute Gasteiger partial charge is 0.151 e. The van der Waals surface area contributed by atoms with Crippen LogP contribution in [0.15, 0.2) is 24.3 Å². The van der Waals surface area contributed by atoms with Gasteiger partial charge in [-0.15, -0.1) is 0 Å². The molecule has 1 aliphatic rings. The molecule has 2 rings (SSSR count). The van der Waals surface area contributed by atoms with Gasteiger partial charge in [0.15, 0.2) is 9.84 Å². The lowest BCUT2D eigenvalue weighted by Crippen LogP contribution is -2.28. The highest BCUT2D eigenvalue weighted by Crippen LogP contribution is 2.62. The molecule has 0 aliphatic heterocycles. The third kappa shape index (κ3) is 2.60. The van der Waals surface area contributed by atoms with Gasteiger partial charge in [0.25, 0.3) is 0 Å². The predicted octanol–water partition coefficient (Wildman–Crippen LogP) is 1.32. The molecule has 2 N–H and O–H groups in total. The summed E-state index contributed by atoms with van der Waals surface area (Å²) < 4.78 is 42.8. The maximum Gasteiger partial charge on any atom is 0.151 e. The highest BCUT2D eigenvalue weighted by molar-refractivity contribution is 7.91. The summed E-state index contributed by atoms with van der Waals surface area (Å²) in [5.74, 6) is -0.672. The van der Waals surface area contributed by atoms with Gasteiger partial charge in [-0.3, -0.25) is 0 Å². The van der Waals surface area contributed by atoms with Crippen molar-refractivity contribution in [2.75, 3.05) is 26.0 Å². The van der Waals surface area contributed by atoms with Crippen LogP contribution < -0.4 is 5.73 Å². The molecule has 1 aromatic rings. The molecular formula is C14H20FNO3S. The lowest BCUT2D eigenvalue weighted by atomic mass is 10.00. The molecule has 20 heavy (non-hydrogen) atoms. The van der Waals surface area contributed by atoms with E-state index in [1.54, 1.807) is 12.1 Å². The Kier molecular flexibility index (Phi) is 4.18. The van der Waals surface area contributed by atoms with Crippen LogP contribution in [-0.4, -0.2) is 39.7 Å². The van der Waals surface area contributed by atoms with Gasteiger partial charge in [0.05, 0.1) is 11.9 Å². The molecule has 112 valence electrons. The van der Waals surface area contributed by atoms with E-state index in [-0.39, 0.29) is 24.9 Å². The van der Waals surface area contributed by atoms with Gasteiger partial charge in [-0.1, -0.05) is 12.1 Å². The summed E-state index contributed by atoms with van der Waals surface area (Å²) >= 11 is 0. The number of halogens is 1. The van der Waals surface area contributed by atoms with Crippen LogP contribution in [0.25, 0.3) is 0 Å². The summed E-state index contributed by atoms with van der Waals surface area (Å²) in [5.41, 5.74) is 5.85. The number of benzene rings is 1. The van der Waals surface area contributed by atoms with Crippen molar-refractivity contribution in [3.63, 3.8) is 0 Å². The summed E-state index contributed by atoms with van der Waals surface area (Å²) in [6.45, 7) is 2.82. The molecule has 1 aromatic carbocycles. The van der Waals surface area contributed by atoms with Gasteiger partial charge in [0, 0.05) is 30.7 Å². The average Bonchev–Trinajstić information content (AvgIpc) is 3.06. The lowest BCUT2D eigenvalue weighted by Gasteiger charge is -2.15. The fourth-order valence-electron chi connectivity index (χ4n) is 3.10. The van der Waals surface area contributed by atoms with Crippen molar-refractivity contribution < 1.29 is 17.5 Å². The van der Waals surface area contributed by atoms with E-state index in [0.29, 0.717) is 12.2 Å². The fourth-order valence-corrected chi connectivity index (χ4v) is 5.11. The number of ether oxygens (including phenoxy) is 1. The van der Waals surface area contributed by atoms with E-state index in [0.717, 1.165) is 0 Å². The number of rotatable bonds is 6. The van der Waals surface area contributed by atoms with Gasteiger partial charge in [-0.05, 0) is 24.6 Å². The van der Waals surface area contributed by atoms with E-state index < -0.39 is 20.5 Å². The predicted molar refractivity (Wildman–Crippen MR) is 75.8 cm³/mol. The topological polar surface area (TPSA) is 69.4 Å². The molecule has 0 amide bonds. The Morgan fingerprint density at radius 2 is 2.15 bits per heavy atom. The third-order valence-electron chi connectivity index (χ3n) is 4.00. The van der Waals surface area contributed by atoms with Crippen LogP contribution in [0.3, 0.4) is 0 Å². The van der Waals surface area contributed by atoms with Crippen molar-refractivity contribution in [2.45, 2.75) is 18.1 Å². The molecule has 1 saturated carbocycles. The van der Waals surface area contributed by atoms with Crippen LogP contribution in [0.4, 0.5) is 4.39 Å². The highest BCUT2D eigenvalue weighted by atomic mass is 32.2. The van der Waals surface area contributed by atoms with Crippen LogP contribution in [-0.2, 0) is 14.6 Å². The minimum Gasteiger partial charge on any atom is -0.381 e. The van der Waals surface area contributed by atoms with Gasteiger partial charge < -0.3 is 10.5 Å². The van der Waals surface area contributed by atoms with E-state index in [1.807, 2.05) is 6.92 Å². The maximum absolute atomic E-state index is 13.4. The summed E-state index contributed by atoms with van der Waals surface area (Å²) in [6, 6.07) is 6.06. The van der Waals surface area contributed by atoms with Crippen LogP contribution in [0.5, 0.6) is 0 Å². The first kappa shape index (κ1) is 15.4. The lowest BCUT2D eigenvalue weighted by molar-refractivity contribution is 0.101. The van der Waals surface area contributed by atoms with E-state index >= 15 is 0 Å². The van der Waals surface area contributed by atoms with Crippen molar-refractivity contribution in [1.29, 1.82) is 0 Å². The largest absolute Gasteiger partial charge is 0.381 e. The molecule has 6 heteroatoms. The Bertz CT molecular complexity index is 590. The fraction of sp³-hybridized carbons (Fsp3) is 0.571. The Hall–Kier alpha value is -0.980. The summed E-state index contributed by atoms with van der Waals surface area (Å²) in [4.78, 5) is 0. The first-order chi connectivity index (χ1) is 9.36. The first-order valence-corrected chi connectivity index (χ1v) is 8.54. The van der Waals surface area contributed by atoms with Gasteiger partial charge in [0.1, 0.15) is 5.82 Å². The zero-order valence-electron chi connectivity index (χ0n) is 11.7. The van der Waals surface area contributed by atoms with Crippen molar-refractivity contribution in [2.24, 2.45) is 11.1 Å². The molecule has 0 saturated heterocycles. The van der Waals surface area contributed by atoms with Crippen molar-refractivity contribution in [3.05, 3.63) is 35.6 Å². The molecule has 0 spiro atoms. The van der Waals surface area contributed by atoms with Gasteiger partial charge in [0.2, 0.25) is 0 Å². The average molecular weight is 301 g/mol. The molecule has 0 radical (unpaired) electrons. The highest BCUT2D eigenvalue weighted by Gasteiger charge is 2.69. The third-order valence-corrected chi connectivity index (χ3v) is 5.67. The normalized spacial score (nSPS) is 29.4. The molecule has 1 fully saturated rings. The quantitative estimate of drug-likeness (QED) is 0.860. The Labute approximate surface area is 119 Å². The van der Waals surface area contributed by atoms with Crippen LogP contribution in [0.2, 0.25) is 0 Å². The van der Waals surface area contributed by atoms with Gasteiger partial charge in [-0.25, -0.2) is 12.8 Å². The van der Waals surface area contributed by atoms with E-state index in [4.69, 9.17) is 10.5 Å². The second-order valence-electron chi connectivity index (χ2n) is 5.36.